The normalized spacial score (nSPS) is 22.1. The fourth-order valence-electron chi connectivity index (χ4n) is 3.24. The SMILES string of the molecule is CC[C@H]1CC[C@@H](Oc2ccc3ccc(C=O)cc3c2)CC1. The summed E-state index contributed by atoms with van der Waals surface area (Å²) in [4.78, 5) is 10.9. The third kappa shape index (κ3) is 3.26. The van der Waals surface area contributed by atoms with Crippen LogP contribution in [0.25, 0.3) is 10.8 Å². The number of fused-ring (bicyclic) bond motifs is 1. The lowest BCUT2D eigenvalue weighted by atomic mass is 9.86. The number of carbonyl (C=O) groups is 1. The van der Waals surface area contributed by atoms with Gasteiger partial charge in [0.2, 0.25) is 0 Å². The maximum absolute atomic E-state index is 10.9. The van der Waals surface area contributed by atoms with E-state index < -0.39 is 0 Å². The molecule has 0 heterocycles. The van der Waals surface area contributed by atoms with Crippen molar-refractivity contribution >= 4 is 17.1 Å². The van der Waals surface area contributed by atoms with Crippen LogP contribution in [0.1, 0.15) is 49.4 Å². The Morgan fingerprint density at radius 3 is 2.52 bits per heavy atom. The van der Waals surface area contributed by atoms with E-state index >= 15 is 0 Å². The van der Waals surface area contributed by atoms with Crippen LogP contribution in [0.5, 0.6) is 5.75 Å². The quantitative estimate of drug-likeness (QED) is 0.738. The van der Waals surface area contributed by atoms with E-state index in [4.69, 9.17) is 4.74 Å². The number of benzene rings is 2. The van der Waals surface area contributed by atoms with Crippen molar-refractivity contribution in [1.29, 1.82) is 0 Å². The third-order valence-electron chi connectivity index (χ3n) is 4.65. The van der Waals surface area contributed by atoms with E-state index in [1.807, 2.05) is 30.3 Å². The minimum atomic E-state index is 0.347. The minimum absolute atomic E-state index is 0.347. The molecule has 0 bridgehead atoms. The molecule has 2 heteroatoms. The van der Waals surface area contributed by atoms with Crippen molar-refractivity contribution in [2.75, 3.05) is 0 Å². The highest BCUT2D eigenvalue weighted by molar-refractivity contribution is 5.89. The van der Waals surface area contributed by atoms with Gasteiger partial charge in [0.25, 0.3) is 0 Å². The van der Waals surface area contributed by atoms with E-state index in [0.717, 1.165) is 41.6 Å². The van der Waals surface area contributed by atoms with E-state index in [2.05, 4.69) is 13.0 Å². The molecule has 0 spiro atoms. The van der Waals surface area contributed by atoms with Gasteiger partial charge < -0.3 is 4.74 Å². The first-order chi connectivity index (χ1) is 10.3. The number of hydrogen-bond acceptors (Lipinski definition) is 2. The Kier molecular flexibility index (Phi) is 4.23. The van der Waals surface area contributed by atoms with Crippen LogP contribution < -0.4 is 4.74 Å². The fraction of sp³-hybridized carbons (Fsp3) is 0.421. The molecular weight excluding hydrogens is 260 g/mol. The lowest BCUT2D eigenvalue weighted by Crippen LogP contribution is -2.23. The van der Waals surface area contributed by atoms with Gasteiger partial charge in [-0.3, -0.25) is 4.79 Å². The zero-order chi connectivity index (χ0) is 14.7. The van der Waals surface area contributed by atoms with E-state index in [9.17, 15) is 4.79 Å². The molecule has 2 aromatic rings. The molecule has 110 valence electrons. The molecule has 0 aliphatic heterocycles. The Bertz CT molecular complexity index is 624. The Morgan fingerprint density at radius 2 is 1.81 bits per heavy atom. The number of carbonyl (C=O) groups excluding carboxylic acids is 1. The number of aldehydes is 1. The molecular formula is C19H22O2. The van der Waals surface area contributed by atoms with Gasteiger partial charge in [-0.1, -0.05) is 31.5 Å². The molecule has 0 N–H and O–H groups in total. The zero-order valence-electron chi connectivity index (χ0n) is 12.5. The van der Waals surface area contributed by atoms with Crippen LogP contribution in [-0.4, -0.2) is 12.4 Å². The van der Waals surface area contributed by atoms with Crippen molar-refractivity contribution in [3.63, 3.8) is 0 Å². The topological polar surface area (TPSA) is 26.3 Å². The zero-order valence-corrected chi connectivity index (χ0v) is 12.5. The van der Waals surface area contributed by atoms with E-state index in [-0.39, 0.29) is 0 Å². The summed E-state index contributed by atoms with van der Waals surface area (Å²) in [5, 5.41) is 2.21. The third-order valence-corrected chi connectivity index (χ3v) is 4.65. The largest absolute Gasteiger partial charge is 0.490 e. The average molecular weight is 282 g/mol. The Balaban J connectivity index is 1.73. The van der Waals surface area contributed by atoms with Gasteiger partial charge in [0.05, 0.1) is 6.10 Å². The second-order valence-electron chi connectivity index (χ2n) is 6.06. The number of ether oxygens (including phenoxy) is 1. The van der Waals surface area contributed by atoms with Gasteiger partial charge in [-0.05, 0) is 60.6 Å². The van der Waals surface area contributed by atoms with Crippen LogP contribution in [-0.2, 0) is 0 Å². The maximum Gasteiger partial charge on any atom is 0.150 e. The predicted octanol–water partition coefficient (Wildman–Crippen LogP) is 5.00. The first-order valence-electron chi connectivity index (χ1n) is 7.94. The smallest absolute Gasteiger partial charge is 0.150 e. The maximum atomic E-state index is 10.9. The summed E-state index contributed by atoms with van der Waals surface area (Å²) in [6.07, 6.45) is 7.40. The molecule has 1 aliphatic carbocycles. The summed E-state index contributed by atoms with van der Waals surface area (Å²) in [7, 11) is 0. The van der Waals surface area contributed by atoms with Crippen LogP contribution in [0.4, 0.5) is 0 Å². The molecule has 0 radical (unpaired) electrons. The molecule has 0 amide bonds. The molecule has 0 atom stereocenters. The van der Waals surface area contributed by atoms with Crippen molar-refractivity contribution in [2.24, 2.45) is 5.92 Å². The first kappa shape index (κ1) is 14.1. The predicted molar refractivity (Wildman–Crippen MR) is 86.0 cm³/mol. The van der Waals surface area contributed by atoms with E-state index in [1.54, 1.807) is 0 Å². The molecule has 2 aromatic carbocycles. The monoisotopic (exact) mass is 282 g/mol. The Labute approximate surface area is 126 Å². The van der Waals surface area contributed by atoms with Crippen molar-refractivity contribution < 1.29 is 9.53 Å². The van der Waals surface area contributed by atoms with Crippen molar-refractivity contribution in [1.82, 2.24) is 0 Å². The van der Waals surface area contributed by atoms with Gasteiger partial charge >= 0.3 is 0 Å². The number of rotatable bonds is 4. The molecule has 21 heavy (non-hydrogen) atoms. The standard InChI is InChI=1S/C19H22O2/c1-2-14-4-8-18(9-5-14)21-19-10-7-16-6-3-15(13-20)11-17(16)12-19/h3,6-7,10-14,18H,2,4-5,8-9H2,1H3/t14-,18+. The molecule has 1 fully saturated rings. The first-order valence-corrected chi connectivity index (χ1v) is 7.94. The Morgan fingerprint density at radius 1 is 1.05 bits per heavy atom. The Hall–Kier alpha value is -1.83. The highest BCUT2D eigenvalue weighted by atomic mass is 16.5. The molecule has 1 saturated carbocycles. The van der Waals surface area contributed by atoms with Crippen molar-refractivity contribution in [3.05, 3.63) is 42.0 Å². The highest BCUT2D eigenvalue weighted by Gasteiger charge is 2.21. The van der Waals surface area contributed by atoms with Crippen LogP contribution in [0.15, 0.2) is 36.4 Å². The van der Waals surface area contributed by atoms with Crippen molar-refractivity contribution in [2.45, 2.75) is 45.1 Å². The lowest BCUT2D eigenvalue weighted by Gasteiger charge is -2.28. The van der Waals surface area contributed by atoms with Crippen LogP contribution >= 0.6 is 0 Å². The average Bonchev–Trinajstić information content (AvgIpc) is 2.55. The summed E-state index contributed by atoms with van der Waals surface area (Å²) in [5.74, 6) is 1.81. The molecule has 0 saturated heterocycles. The summed E-state index contributed by atoms with van der Waals surface area (Å²) < 4.78 is 6.14. The second kappa shape index (κ2) is 6.30. The van der Waals surface area contributed by atoms with Crippen molar-refractivity contribution in [3.8, 4) is 5.75 Å². The van der Waals surface area contributed by atoms with Crippen LogP contribution in [0.2, 0.25) is 0 Å². The van der Waals surface area contributed by atoms with E-state index in [1.165, 1.54) is 19.3 Å². The molecule has 2 nitrogen and oxygen atoms in total. The lowest BCUT2D eigenvalue weighted by molar-refractivity contribution is 0.112. The molecule has 0 aromatic heterocycles. The van der Waals surface area contributed by atoms with Gasteiger partial charge in [0.15, 0.2) is 0 Å². The van der Waals surface area contributed by atoms with Gasteiger partial charge in [0.1, 0.15) is 12.0 Å². The molecule has 1 aliphatic rings. The highest BCUT2D eigenvalue weighted by Crippen LogP contribution is 2.30. The van der Waals surface area contributed by atoms with Crippen LogP contribution in [0.3, 0.4) is 0 Å². The summed E-state index contributed by atoms with van der Waals surface area (Å²) in [6, 6.07) is 11.9. The molecule has 0 unspecified atom stereocenters. The molecule has 3 rings (SSSR count). The second-order valence-corrected chi connectivity index (χ2v) is 6.06. The number of hydrogen-bond donors (Lipinski definition) is 0. The van der Waals surface area contributed by atoms with Gasteiger partial charge in [-0.15, -0.1) is 0 Å². The summed E-state index contributed by atoms with van der Waals surface area (Å²) in [5.41, 5.74) is 0.711. The van der Waals surface area contributed by atoms with Gasteiger partial charge in [0, 0.05) is 5.56 Å². The van der Waals surface area contributed by atoms with Crippen LogP contribution in [0, 0.1) is 5.92 Å². The van der Waals surface area contributed by atoms with Gasteiger partial charge in [-0.25, -0.2) is 0 Å². The fourth-order valence-corrected chi connectivity index (χ4v) is 3.24. The summed E-state index contributed by atoms with van der Waals surface area (Å²) >= 11 is 0. The van der Waals surface area contributed by atoms with E-state index in [0.29, 0.717) is 11.7 Å². The summed E-state index contributed by atoms with van der Waals surface area (Å²) in [6.45, 7) is 2.28. The van der Waals surface area contributed by atoms with Gasteiger partial charge in [-0.2, -0.15) is 0 Å². The minimum Gasteiger partial charge on any atom is -0.490 e.